The number of guanidine groups is 1. The third-order valence-corrected chi connectivity index (χ3v) is 4.47. The van der Waals surface area contributed by atoms with Gasteiger partial charge < -0.3 is 15.4 Å². The average Bonchev–Trinajstić information content (AvgIpc) is 3.13. The smallest absolute Gasteiger partial charge is 0.191 e. The lowest BCUT2D eigenvalue weighted by Gasteiger charge is -2.30. The Morgan fingerprint density at radius 3 is 2.46 bits per heavy atom. The summed E-state index contributed by atoms with van der Waals surface area (Å²) in [6, 6.07) is 10.3. The third-order valence-electron chi connectivity index (χ3n) is 4.47. The summed E-state index contributed by atoms with van der Waals surface area (Å²) in [4.78, 5) is 4.77. The zero-order chi connectivity index (χ0) is 19.7. The van der Waals surface area contributed by atoms with Gasteiger partial charge in [-0.25, -0.2) is 4.99 Å². The second kappa shape index (κ2) is 12.1. The molecule has 2 aromatic rings. The number of ether oxygens (including phenoxy) is 1. The number of nitrogens with zero attached hydrogens (tertiary/aromatic N) is 3. The van der Waals surface area contributed by atoms with Gasteiger partial charge in [-0.05, 0) is 29.5 Å². The van der Waals surface area contributed by atoms with Crippen LogP contribution < -0.4 is 10.6 Å². The van der Waals surface area contributed by atoms with E-state index in [0.717, 1.165) is 19.0 Å². The van der Waals surface area contributed by atoms with E-state index in [0.29, 0.717) is 13.1 Å². The quantitative estimate of drug-likeness (QED) is 0.331. The van der Waals surface area contributed by atoms with Crippen LogP contribution in [0.1, 0.15) is 38.8 Å². The van der Waals surface area contributed by atoms with Crippen LogP contribution in [0, 0.1) is 5.41 Å². The molecule has 1 aromatic heterocycles. The zero-order valence-corrected chi connectivity index (χ0v) is 19.9. The molecule has 156 valence electrons. The molecule has 0 bridgehead atoms. The summed E-state index contributed by atoms with van der Waals surface area (Å²) in [5, 5.41) is 11.0. The van der Waals surface area contributed by atoms with E-state index in [4.69, 9.17) is 9.73 Å². The van der Waals surface area contributed by atoms with Crippen molar-refractivity contribution in [2.45, 2.75) is 46.9 Å². The highest BCUT2D eigenvalue weighted by molar-refractivity contribution is 14.0. The van der Waals surface area contributed by atoms with E-state index in [9.17, 15) is 0 Å². The van der Waals surface area contributed by atoms with Gasteiger partial charge in [-0.2, -0.15) is 5.10 Å². The van der Waals surface area contributed by atoms with E-state index in [1.165, 1.54) is 11.1 Å². The lowest BCUT2D eigenvalue weighted by molar-refractivity contribution is 0.0205. The largest absolute Gasteiger partial charge is 0.379 e. The molecule has 1 unspecified atom stereocenters. The predicted molar refractivity (Wildman–Crippen MR) is 126 cm³/mol. The van der Waals surface area contributed by atoms with Gasteiger partial charge in [0.2, 0.25) is 0 Å². The molecule has 6 nitrogen and oxygen atoms in total. The molecule has 1 aromatic carbocycles. The van der Waals surface area contributed by atoms with Crippen LogP contribution in [0.25, 0.3) is 0 Å². The van der Waals surface area contributed by atoms with Crippen molar-refractivity contribution in [3.8, 4) is 0 Å². The standard InChI is InChI=1S/C21H33N5O.HI/c1-6-22-20(24-15-19(27-5)21(2,3)4)23-14-17-10-7-8-11-18(17)16-26-13-9-12-25-26;/h7-13,19H,6,14-16H2,1-5H3,(H2,22,23,24);1H. The van der Waals surface area contributed by atoms with Crippen LogP contribution >= 0.6 is 24.0 Å². The molecule has 0 radical (unpaired) electrons. The van der Waals surface area contributed by atoms with Crippen molar-refractivity contribution >= 4 is 29.9 Å². The van der Waals surface area contributed by atoms with E-state index in [1.54, 1.807) is 13.3 Å². The topological polar surface area (TPSA) is 63.5 Å². The van der Waals surface area contributed by atoms with Gasteiger partial charge in [0.25, 0.3) is 0 Å². The number of aromatic nitrogens is 2. The minimum atomic E-state index is 0. The molecule has 0 spiro atoms. The Bertz CT molecular complexity index is 710. The summed E-state index contributed by atoms with van der Waals surface area (Å²) in [5.74, 6) is 0.803. The molecular formula is C21H34IN5O. The minimum absolute atomic E-state index is 0. The fourth-order valence-electron chi connectivity index (χ4n) is 2.87. The molecule has 0 saturated heterocycles. The molecule has 2 N–H and O–H groups in total. The first-order chi connectivity index (χ1) is 12.9. The summed E-state index contributed by atoms with van der Waals surface area (Å²) >= 11 is 0. The number of methoxy groups -OCH3 is 1. The normalized spacial score (nSPS) is 13.0. The Hall–Kier alpha value is -1.61. The van der Waals surface area contributed by atoms with Crippen LogP contribution in [0.3, 0.4) is 0 Å². The van der Waals surface area contributed by atoms with Gasteiger partial charge in [-0.15, -0.1) is 24.0 Å². The summed E-state index contributed by atoms with van der Waals surface area (Å²) in [6.07, 6.45) is 3.88. The van der Waals surface area contributed by atoms with E-state index < -0.39 is 0 Å². The molecule has 0 aliphatic rings. The maximum absolute atomic E-state index is 5.63. The second-order valence-electron chi connectivity index (χ2n) is 7.64. The molecule has 7 heteroatoms. The monoisotopic (exact) mass is 499 g/mol. The number of hydrogen-bond donors (Lipinski definition) is 2. The van der Waals surface area contributed by atoms with E-state index in [2.05, 4.69) is 67.7 Å². The van der Waals surface area contributed by atoms with Gasteiger partial charge in [-0.1, -0.05) is 45.0 Å². The highest BCUT2D eigenvalue weighted by Gasteiger charge is 2.24. The summed E-state index contributed by atoms with van der Waals surface area (Å²) in [7, 11) is 1.76. The van der Waals surface area contributed by atoms with E-state index >= 15 is 0 Å². The Labute approximate surface area is 186 Å². The SMILES string of the molecule is CCNC(=NCc1ccccc1Cn1cccn1)NCC(OC)C(C)(C)C.I. The summed E-state index contributed by atoms with van der Waals surface area (Å²) in [5.41, 5.74) is 2.49. The first-order valence-corrected chi connectivity index (χ1v) is 9.53. The zero-order valence-electron chi connectivity index (χ0n) is 17.6. The van der Waals surface area contributed by atoms with Crippen LogP contribution in [0.5, 0.6) is 0 Å². The van der Waals surface area contributed by atoms with Crippen molar-refractivity contribution < 1.29 is 4.74 Å². The molecule has 0 saturated carbocycles. The number of nitrogens with one attached hydrogen (secondary N) is 2. The van der Waals surface area contributed by atoms with Gasteiger partial charge in [0, 0.05) is 32.6 Å². The number of benzene rings is 1. The Kier molecular flexibility index (Phi) is 10.5. The van der Waals surface area contributed by atoms with Crippen molar-refractivity contribution in [3.63, 3.8) is 0 Å². The second-order valence-corrected chi connectivity index (χ2v) is 7.64. The molecular weight excluding hydrogens is 465 g/mol. The molecule has 2 rings (SSSR count). The average molecular weight is 499 g/mol. The number of aliphatic imine (C=N–C) groups is 1. The summed E-state index contributed by atoms with van der Waals surface area (Å²) < 4.78 is 7.56. The van der Waals surface area contributed by atoms with Crippen LogP contribution in [0.4, 0.5) is 0 Å². The van der Waals surface area contributed by atoms with Crippen molar-refractivity contribution in [2.24, 2.45) is 10.4 Å². The van der Waals surface area contributed by atoms with Crippen molar-refractivity contribution in [1.29, 1.82) is 0 Å². The van der Waals surface area contributed by atoms with Gasteiger partial charge in [0.15, 0.2) is 5.96 Å². The van der Waals surface area contributed by atoms with Crippen molar-refractivity contribution in [3.05, 3.63) is 53.9 Å². The van der Waals surface area contributed by atoms with Gasteiger partial charge in [-0.3, -0.25) is 4.68 Å². The fourth-order valence-corrected chi connectivity index (χ4v) is 2.87. The summed E-state index contributed by atoms with van der Waals surface area (Å²) in [6.45, 7) is 11.5. The molecule has 0 amide bonds. The van der Waals surface area contributed by atoms with E-state index in [-0.39, 0.29) is 35.5 Å². The molecule has 0 aliphatic heterocycles. The lowest BCUT2D eigenvalue weighted by atomic mass is 9.89. The maximum Gasteiger partial charge on any atom is 0.191 e. The molecule has 0 fully saturated rings. The molecule has 28 heavy (non-hydrogen) atoms. The highest BCUT2D eigenvalue weighted by Crippen LogP contribution is 2.21. The predicted octanol–water partition coefficient (Wildman–Crippen LogP) is 3.67. The Morgan fingerprint density at radius 2 is 1.89 bits per heavy atom. The number of halogens is 1. The fraction of sp³-hybridized carbons (Fsp3) is 0.524. The van der Waals surface area contributed by atoms with E-state index in [1.807, 2.05) is 16.9 Å². The lowest BCUT2D eigenvalue weighted by Crippen LogP contribution is -2.45. The van der Waals surface area contributed by atoms with Crippen LogP contribution in [0.15, 0.2) is 47.7 Å². The van der Waals surface area contributed by atoms with Crippen molar-refractivity contribution in [1.82, 2.24) is 20.4 Å². The molecule has 1 heterocycles. The van der Waals surface area contributed by atoms with Crippen molar-refractivity contribution in [2.75, 3.05) is 20.2 Å². The highest BCUT2D eigenvalue weighted by atomic mass is 127. The Morgan fingerprint density at radius 1 is 1.18 bits per heavy atom. The first-order valence-electron chi connectivity index (χ1n) is 9.53. The third kappa shape index (κ3) is 7.79. The molecule has 0 aliphatic carbocycles. The maximum atomic E-state index is 5.63. The van der Waals surface area contributed by atoms with Gasteiger partial charge in [0.05, 0.1) is 19.2 Å². The molecule has 1 atom stereocenters. The van der Waals surface area contributed by atoms with Crippen LogP contribution in [0.2, 0.25) is 0 Å². The van der Waals surface area contributed by atoms with Gasteiger partial charge in [0.1, 0.15) is 0 Å². The number of hydrogen-bond acceptors (Lipinski definition) is 3. The van der Waals surface area contributed by atoms with Gasteiger partial charge >= 0.3 is 0 Å². The van der Waals surface area contributed by atoms with Crippen LogP contribution in [-0.4, -0.2) is 42.0 Å². The first kappa shape index (κ1) is 24.4. The van der Waals surface area contributed by atoms with Crippen LogP contribution in [-0.2, 0) is 17.8 Å². The Balaban J connectivity index is 0.00000392. The number of rotatable bonds is 8. The minimum Gasteiger partial charge on any atom is -0.379 e.